The van der Waals surface area contributed by atoms with Gasteiger partial charge in [-0.2, -0.15) is 0 Å². The van der Waals surface area contributed by atoms with Gasteiger partial charge in [-0.15, -0.1) is 0 Å². The fourth-order valence-corrected chi connectivity index (χ4v) is 5.79. The predicted molar refractivity (Wildman–Crippen MR) is 183 cm³/mol. The quantitative estimate of drug-likeness (QED) is 0.141. The van der Waals surface area contributed by atoms with E-state index in [0.29, 0.717) is 30.9 Å². The molecule has 6 aromatic rings. The molecule has 2 heterocycles. The number of fused-ring (bicyclic) bond motifs is 1. The summed E-state index contributed by atoms with van der Waals surface area (Å²) in [6.07, 6.45) is 1.62. The van der Waals surface area contributed by atoms with Gasteiger partial charge in [-0.3, -0.25) is 0 Å². The Hall–Kier alpha value is -5.48. The van der Waals surface area contributed by atoms with Crippen LogP contribution < -0.4 is 15.4 Å². The Morgan fingerprint density at radius 1 is 0.792 bits per heavy atom. The molecule has 3 N–H and O–H groups in total. The zero-order chi connectivity index (χ0) is 32.7. The molecule has 9 nitrogen and oxygen atoms in total. The SMILES string of the molecule is O=C(NCc1ccc([C@H]2O[C@@H](Cn3cnc4ccccc43)C[C@@H](c3ccc(CO)cc3)O2)cc1)Nc1ccc(Oc2ccccc2)cc1. The number of aliphatic hydroxyl groups is 1. The summed E-state index contributed by atoms with van der Waals surface area (Å²) >= 11 is 0. The van der Waals surface area contributed by atoms with E-state index >= 15 is 0 Å². The Labute approximate surface area is 278 Å². The first-order valence-electron chi connectivity index (χ1n) is 16.0. The third kappa shape index (κ3) is 7.56. The van der Waals surface area contributed by atoms with Gasteiger partial charge in [0.15, 0.2) is 6.29 Å². The van der Waals surface area contributed by atoms with E-state index in [2.05, 4.69) is 26.3 Å². The van der Waals surface area contributed by atoms with Crippen LogP contribution in [0.5, 0.6) is 11.5 Å². The third-order valence-corrected chi connectivity index (χ3v) is 8.34. The lowest BCUT2D eigenvalue weighted by atomic mass is 9.99. The van der Waals surface area contributed by atoms with Crippen molar-refractivity contribution in [2.24, 2.45) is 0 Å². The van der Waals surface area contributed by atoms with Crippen molar-refractivity contribution in [2.75, 3.05) is 5.32 Å². The number of amides is 2. The Kier molecular flexibility index (Phi) is 9.42. The highest BCUT2D eigenvalue weighted by atomic mass is 16.7. The normalized spacial score (nSPS) is 17.6. The van der Waals surface area contributed by atoms with Crippen LogP contribution in [-0.2, 0) is 29.2 Å². The van der Waals surface area contributed by atoms with Gasteiger partial charge in [0.25, 0.3) is 0 Å². The number of nitrogens with one attached hydrogen (secondary N) is 2. The highest BCUT2D eigenvalue weighted by molar-refractivity contribution is 5.89. The number of anilines is 1. The fourth-order valence-electron chi connectivity index (χ4n) is 5.79. The van der Waals surface area contributed by atoms with Crippen LogP contribution in [0.2, 0.25) is 0 Å². The molecule has 1 aromatic heterocycles. The zero-order valence-corrected chi connectivity index (χ0v) is 26.2. The fraction of sp³-hybridized carbons (Fsp3) is 0.179. The summed E-state index contributed by atoms with van der Waals surface area (Å²) in [7, 11) is 0. The van der Waals surface area contributed by atoms with Crippen molar-refractivity contribution in [1.82, 2.24) is 14.9 Å². The molecule has 7 rings (SSSR count). The number of nitrogens with zero attached hydrogens (tertiary/aromatic N) is 2. The predicted octanol–water partition coefficient (Wildman–Crippen LogP) is 7.89. The number of aromatic nitrogens is 2. The van der Waals surface area contributed by atoms with Gasteiger partial charge in [0.05, 0.1) is 42.7 Å². The van der Waals surface area contributed by atoms with E-state index in [1.165, 1.54) is 0 Å². The monoisotopic (exact) mass is 640 g/mol. The Balaban J connectivity index is 0.983. The lowest BCUT2D eigenvalue weighted by Crippen LogP contribution is -2.32. The minimum absolute atomic E-state index is 0.00551. The zero-order valence-electron chi connectivity index (χ0n) is 26.2. The molecule has 0 radical (unpaired) electrons. The van der Waals surface area contributed by atoms with Crippen molar-refractivity contribution in [3.63, 3.8) is 0 Å². The van der Waals surface area contributed by atoms with Gasteiger partial charge in [-0.05, 0) is 65.2 Å². The summed E-state index contributed by atoms with van der Waals surface area (Å²) in [5, 5.41) is 15.3. The molecule has 0 saturated carbocycles. The van der Waals surface area contributed by atoms with Crippen LogP contribution in [0.1, 0.15) is 41.1 Å². The van der Waals surface area contributed by atoms with Gasteiger partial charge >= 0.3 is 6.03 Å². The van der Waals surface area contributed by atoms with Crippen LogP contribution in [0, 0.1) is 0 Å². The Morgan fingerprint density at radius 3 is 2.25 bits per heavy atom. The molecule has 48 heavy (non-hydrogen) atoms. The summed E-state index contributed by atoms with van der Waals surface area (Å²) in [5.41, 5.74) is 6.38. The van der Waals surface area contributed by atoms with Crippen LogP contribution in [0.25, 0.3) is 11.0 Å². The first kappa shape index (κ1) is 31.1. The summed E-state index contributed by atoms with van der Waals surface area (Å²) in [6, 6.07) is 40.3. The number of aliphatic hydroxyl groups excluding tert-OH is 1. The molecular formula is C39H36N4O5. The highest BCUT2D eigenvalue weighted by Gasteiger charge is 2.32. The number of hydrogen-bond acceptors (Lipinski definition) is 6. The molecule has 0 aliphatic carbocycles. The van der Waals surface area contributed by atoms with E-state index < -0.39 is 6.29 Å². The van der Waals surface area contributed by atoms with E-state index in [9.17, 15) is 9.90 Å². The second kappa shape index (κ2) is 14.5. The number of para-hydroxylation sites is 3. The van der Waals surface area contributed by atoms with Gasteiger partial charge in [-0.25, -0.2) is 9.78 Å². The molecule has 9 heteroatoms. The number of hydrogen-bond donors (Lipinski definition) is 3. The molecule has 2 amide bonds. The maximum absolute atomic E-state index is 12.6. The van der Waals surface area contributed by atoms with E-state index in [1.54, 1.807) is 12.1 Å². The van der Waals surface area contributed by atoms with Crippen molar-refractivity contribution in [1.29, 1.82) is 0 Å². The standard InChI is InChI=1S/C39H36N4O5/c44-25-28-12-14-29(15-13-28)37-22-34(24-43-26-41-35-8-4-5-9-36(35)43)47-38(48-37)30-16-10-27(11-17-30)23-40-39(45)42-31-18-20-33(21-19-31)46-32-6-2-1-3-7-32/h1-21,26,34,37-38,44H,22-25H2,(H2,40,42,45)/t34-,37+,38+/m1/s1. The van der Waals surface area contributed by atoms with Crippen LogP contribution in [-0.4, -0.2) is 26.8 Å². The molecule has 1 fully saturated rings. The molecule has 5 aromatic carbocycles. The minimum Gasteiger partial charge on any atom is -0.457 e. The number of carbonyl (C=O) groups excluding carboxylic acids is 1. The largest absolute Gasteiger partial charge is 0.457 e. The van der Waals surface area contributed by atoms with Gasteiger partial charge in [0.2, 0.25) is 0 Å². The Bertz CT molecular complexity index is 1940. The van der Waals surface area contributed by atoms with Crippen LogP contribution in [0.3, 0.4) is 0 Å². The van der Waals surface area contributed by atoms with Crippen LogP contribution >= 0.6 is 0 Å². The lowest BCUT2D eigenvalue weighted by molar-refractivity contribution is -0.252. The van der Waals surface area contributed by atoms with E-state index in [0.717, 1.165) is 39.0 Å². The van der Waals surface area contributed by atoms with E-state index in [-0.39, 0.29) is 24.8 Å². The average molecular weight is 641 g/mol. The van der Waals surface area contributed by atoms with Gasteiger partial charge in [0.1, 0.15) is 11.5 Å². The molecule has 1 saturated heterocycles. The maximum atomic E-state index is 12.6. The summed E-state index contributed by atoms with van der Waals surface area (Å²) in [6.45, 7) is 0.976. The van der Waals surface area contributed by atoms with Gasteiger partial charge in [-0.1, -0.05) is 78.9 Å². The second-order valence-corrected chi connectivity index (χ2v) is 11.7. The summed E-state index contributed by atoms with van der Waals surface area (Å²) in [4.78, 5) is 17.2. The number of benzene rings is 5. The van der Waals surface area contributed by atoms with E-state index in [4.69, 9.17) is 14.2 Å². The van der Waals surface area contributed by atoms with Crippen molar-refractivity contribution in [2.45, 2.75) is 44.6 Å². The number of ether oxygens (including phenoxy) is 3. The Morgan fingerprint density at radius 2 is 1.48 bits per heavy atom. The number of rotatable bonds is 10. The topological polar surface area (TPSA) is 107 Å². The first-order valence-corrected chi connectivity index (χ1v) is 16.0. The van der Waals surface area contributed by atoms with Gasteiger partial charge in [0, 0.05) is 24.2 Å². The van der Waals surface area contributed by atoms with Crippen molar-refractivity contribution in [3.8, 4) is 11.5 Å². The number of carbonyl (C=O) groups is 1. The smallest absolute Gasteiger partial charge is 0.319 e. The molecular weight excluding hydrogens is 604 g/mol. The molecule has 1 aliphatic rings. The van der Waals surface area contributed by atoms with Crippen molar-refractivity contribution >= 4 is 22.8 Å². The van der Waals surface area contributed by atoms with Crippen LogP contribution in [0.15, 0.2) is 134 Å². The maximum Gasteiger partial charge on any atom is 0.319 e. The lowest BCUT2D eigenvalue weighted by Gasteiger charge is -2.36. The summed E-state index contributed by atoms with van der Waals surface area (Å²) in [5.74, 6) is 1.44. The molecule has 242 valence electrons. The first-order chi connectivity index (χ1) is 23.6. The number of urea groups is 1. The second-order valence-electron chi connectivity index (χ2n) is 11.7. The van der Waals surface area contributed by atoms with E-state index in [1.807, 2.05) is 116 Å². The minimum atomic E-state index is -0.583. The van der Waals surface area contributed by atoms with Gasteiger partial charge < -0.3 is 34.5 Å². The molecule has 0 bridgehead atoms. The third-order valence-electron chi connectivity index (χ3n) is 8.34. The van der Waals surface area contributed by atoms with Crippen molar-refractivity contribution < 1.29 is 24.1 Å². The number of imidazole rings is 1. The molecule has 1 aliphatic heterocycles. The summed E-state index contributed by atoms with van der Waals surface area (Å²) < 4.78 is 21.0. The average Bonchev–Trinajstić information content (AvgIpc) is 3.54. The molecule has 3 atom stereocenters. The molecule has 0 spiro atoms. The highest BCUT2D eigenvalue weighted by Crippen LogP contribution is 2.38. The van der Waals surface area contributed by atoms with Crippen molar-refractivity contribution in [3.05, 3.63) is 156 Å². The van der Waals surface area contributed by atoms with Crippen LogP contribution in [0.4, 0.5) is 10.5 Å². The molecule has 0 unspecified atom stereocenters.